The normalized spacial score (nSPS) is 14.3. The van der Waals surface area contributed by atoms with Crippen molar-refractivity contribution < 1.29 is 37.4 Å². The fraction of sp³-hybridized carbons (Fsp3) is 0.857. The number of carbonyl (C=O) groups excluding carboxylic acids is 2. The smallest absolute Gasteiger partial charge is 0.408 e. The standard InChI is InChI=1S/C21H41N3O8S/c1-9-21(5,6)16(14-33(29,30)24(7)8)31-18(27)22-13-11-10-12-15(17(25)26)23-19(28)32-20(2,3)4/h15-16H,9-14H2,1-8H3,(H,22,27)(H,23,28)(H,25,26)/t15-,16?/m0/s1. The van der Waals surface area contributed by atoms with Crippen LogP contribution in [0, 0.1) is 5.41 Å². The van der Waals surface area contributed by atoms with E-state index in [2.05, 4.69) is 10.6 Å². The Morgan fingerprint density at radius 1 is 1.03 bits per heavy atom. The van der Waals surface area contributed by atoms with Gasteiger partial charge in [-0.15, -0.1) is 0 Å². The second kappa shape index (κ2) is 13.0. The molecule has 0 heterocycles. The number of alkyl carbamates (subject to hydrolysis) is 2. The van der Waals surface area contributed by atoms with Crippen LogP contribution >= 0.6 is 0 Å². The molecule has 0 aromatic carbocycles. The minimum Gasteiger partial charge on any atom is -0.480 e. The number of aliphatic carboxylic acids is 1. The van der Waals surface area contributed by atoms with E-state index in [1.807, 2.05) is 20.8 Å². The second-order valence-corrected chi connectivity index (χ2v) is 12.0. The van der Waals surface area contributed by atoms with Gasteiger partial charge in [0.05, 0.1) is 0 Å². The van der Waals surface area contributed by atoms with Crippen LogP contribution in [0.2, 0.25) is 0 Å². The summed E-state index contributed by atoms with van der Waals surface area (Å²) in [5, 5.41) is 14.2. The van der Waals surface area contributed by atoms with Crippen LogP contribution in [0.5, 0.6) is 0 Å². The summed E-state index contributed by atoms with van der Waals surface area (Å²) in [6.07, 6.45) is -0.790. The van der Waals surface area contributed by atoms with E-state index in [0.717, 1.165) is 4.31 Å². The predicted octanol–water partition coefficient (Wildman–Crippen LogP) is 2.56. The van der Waals surface area contributed by atoms with Crippen LogP contribution in [0.4, 0.5) is 9.59 Å². The molecule has 0 aliphatic carbocycles. The minimum absolute atomic E-state index is 0.151. The van der Waals surface area contributed by atoms with Crippen LogP contribution < -0.4 is 10.6 Å². The van der Waals surface area contributed by atoms with Crippen molar-refractivity contribution in [2.45, 2.75) is 85.0 Å². The monoisotopic (exact) mass is 495 g/mol. The molecule has 0 fully saturated rings. The van der Waals surface area contributed by atoms with Gasteiger partial charge in [0, 0.05) is 26.1 Å². The fourth-order valence-corrected chi connectivity index (χ4v) is 3.73. The van der Waals surface area contributed by atoms with Crippen LogP contribution in [0.25, 0.3) is 0 Å². The Kier molecular flexibility index (Phi) is 12.2. The quantitative estimate of drug-likeness (QED) is 0.330. The molecule has 0 aromatic rings. The Bertz CT molecular complexity index is 760. The average molecular weight is 496 g/mol. The molecule has 2 amide bonds. The number of hydrogen-bond donors (Lipinski definition) is 3. The maximum Gasteiger partial charge on any atom is 0.408 e. The number of rotatable bonds is 13. The third-order valence-electron chi connectivity index (χ3n) is 5.13. The molecule has 0 aromatic heterocycles. The lowest BCUT2D eigenvalue weighted by molar-refractivity contribution is -0.139. The largest absolute Gasteiger partial charge is 0.480 e. The van der Waals surface area contributed by atoms with Crippen molar-refractivity contribution in [3.05, 3.63) is 0 Å². The number of hydrogen-bond acceptors (Lipinski definition) is 7. The number of sulfonamides is 1. The molecule has 1 unspecified atom stereocenters. The number of carbonyl (C=O) groups is 3. The second-order valence-electron chi connectivity index (χ2n) is 9.76. The number of unbranched alkanes of at least 4 members (excludes halogenated alkanes) is 1. The van der Waals surface area contributed by atoms with Crippen LogP contribution in [-0.4, -0.2) is 80.1 Å². The highest BCUT2D eigenvalue weighted by Crippen LogP contribution is 2.29. The molecular weight excluding hydrogens is 454 g/mol. The van der Waals surface area contributed by atoms with Crippen LogP contribution in [0.1, 0.15) is 67.2 Å². The molecule has 3 N–H and O–H groups in total. The average Bonchev–Trinajstić information content (AvgIpc) is 2.64. The lowest BCUT2D eigenvalue weighted by atomic mass is 9.84. The van der Waals surface area contributed by atoms with Gasteiger partial charge in [0.1, 0.15) is 23.5 Å². The number of amides is 2. The maximum atomic E-state index is 12.3. The Morgan fingerprint density at radius 3 is 2.06 bits per heavy atom. The van der Waals surface area contributed by atoms with Gasteiger partial charge >= 0.3 is 18.2 Å². The maximum absolute atomic E-state index is 12.3. The van der Waals surface area contributed by atoms with Crippen LogP contribution in [-0.2, 0) is 24.3 Å². The van der Waals surface area contributed by atoms with Crippen molar-refractivity contribution in [3.8, 4) is 0 Å². The lowest BCUT2D eigenvalue weighted by Gasteiger charge is -2.33. The first-order chi connectivity index (χ1) is 14.9. The molecular formula is C21H41N3O8S. The van der Waals surface area contributed by atoms with Gasteiger partial charge in [-0.1, -0.05) is 20.8 Å². The Hall–Kier alpha value is -2.08. The molecule has 0 spiro atoms. The van der Waals surface area contributed by atoms with Gasteiger partial charge in [0.25, 0.3) is 0 Å². The Morgan fingerprint density at radius 2 is 1.61 bits per heavy atom. The van der Waals surface area contributed by atoms with E-state index in [0.29, 0.717) is 19.3 Å². The summed E-state index contributed by atoms with van der Waals surface area (Å²) in [6, 6.07) is -1.11. The van der Waals surface area contributed by atoms with E-state index >= 15 is 0 Å². The van der Waals surface area contributed by atoms with Crippen molar-refractivity contribution in [2.75, 3.05) is 26.4 Å². The zero-order valence-corrected chi connectivity index (χ0v) is 21.9. The summed E-state index contributed by atoms with van der Waals surface area (Å²) in [4.78, 5) is 35.4. The fourth-order valence-electron chi connectivity index (χ4n) is 2.53. The van der Waals surface area contributed by atoms with E-state index in [-0.39, 0.29) is 18.7 Å². The van der Waals surface area contributed by atoms with Gasteiger partial charge in [-0.2, -0.15) is 0 Å². The molecule has 0 saturated heterocycles. The predicted molar refractivity (Wildman–Crippen MR) is 124 cm³/mol. The highest BCUT2D eigenvalue weighted by Gasteiger charge is 2.36. The first kappa shape index (κ1) is 30.9. The molecule has 0 bridgehead atoms. The van der Waals surface area contributed by atoms with E-state index < -0.39 is 51.3 Å². The molecule has 0 aliphatic heterocycles. The van der Waals surface area contributed by atoms with Crippen molar-refractivity contribution in [1.29, 1.82) is 0 Å². The minimum atomic E-state index is -3.58. The van der Waals surface area contributed by atoms with E-state index in [1.165, 1.54) is 14.1 Å². The zero-order valence-electron chi connectivity index (χ0n) is 21.1. The Balaban J connectivity index is 4.67. The number of carboxylic acid groups (broad SMARTS) is 1. The SMILES string of the molecule is CCC(C)(C)C(CS(=O)(=O)N(C)C)OC(=O)NCCCC[C@H](NC(=O)OC(C)(C)C)C(=O)O. The molecule has 33 heavy (non-hydrogen) atoms. The van der Waals surface area contributed by atoms with Gasteiger partial charge in [0.2, 0.25) is 10.0 Å². The van der Waals surface area contributed by atoms with Crippen LogP contribution in [0.15, 0.2) is 0 Å². The van der Waals surface area contributed by atoms with Gasteiger partial charge < -0.3 is 25.2 Å². The summed E-state index contributed by atoms with van der Waals surface area (Å²) in [5.41, 5.74) is -1.30. The van der Waals surface area contributed by atoms with Gasteiger partial charge in [-0.3, -0.25) is 0 Å². The molecule has 12 heteroatoms. The first-order valence-electron chi connectivity index (χ1n) is 11.0. The number of nitrogens with zero attached hydrogens (tertiary/aromatic N) is 1. The van der Waals surface area contributed by atoms with Crippen molar-refractivity contribution in [3.63, 3.8) is 0 Å². The molecule has 11 nitrogen and oxygen atoms in total. The topological polar surface area (TPSA) is 151 Å². The van der Waals surface area contributed by atoms with Crippen molar-refractivity contribution in [2.24, 2.45) is 5.41 Å². The number of ether oxygens (including phenoxy) is 2. The summed E-state index contributed by atoms with van der Waals surface area (Å²) >= 11 is 0. The number of nitrogens with one attached hydrogen (secondary N) is 2. The van der Waals surface area contributed by atoms with Gasteiger partial charge in [-0.25, -0.2) is 27.1 Å². The molecule has 0 radical (unpaired) electrons. The number of carboxylic acids is 1. The summed E-state index contributed by atoms with van der Waals surface area (Å²) in [6.45, 7) is 10.8. The first-order valence-corrected chi connectivity index (χ1v) is 12.6. The van der Waals surface area contributed by atoms with E-state index in [1.54, 1.807) is 20.8 Å². The molecule has 0 aliphatic rings. The highest BCUT2D eigenvalue weighted by molar-refractivity contribution is 7.89. The molecule has 2 atom stereocenters. The summed E-state index contributed by atoms with van der Waals surface area (Å²) in [7, 11) is -0.728. The lowest BCUT2D eigenvalue weighted by Crippen LogP contribution is -2.44. The van der Waals surface area contributed by atoms with E-state index in [9.17, 15) is 27.9 Å². The molecule has 194 valence electrons. The zero-order chi connectivity index (χ0) is 26.0. The molecule has 0 saturated carbocycles. The Labute approximate surface area is 197 Å². The van der Waals surface area contributed by atoms with Gasteiger partial charge in [0.15, 0.2) is 0 Å². The molecule has 0 rings (SSSR count). The van der Waals surface area contributed by atoms with Crippen molar-refractivity contribution >= 4 is 28.2 Å². The van der Waals surface area contributed by atoms with Gasteiger partial charge in [-0.05, 0) is 46.5 Å². The van der Waals surface area contributed by atoms with Crippen molar-refractivity contribution in [1.82, 2.24) is 14.9 Å². The highest BCUT2D eigenvalue weighted by atomic mass is 32.2. The van der Waals surface area contributed by atoms with E-state index in [4.69, 9.17) is 9.47 Å². The third kappa shape index (κ3) is 12.7. The summed E-state index contributed by atoms with van der Waals surface area (Å²) in [5.74, 6) is -1.51. The van der Waals surface area contributed by atoms with Crippen LogP contribution in [0.3, 0.4) is 0 Å². The third-order valence-corrected chi connectivity index (χ3v) is 6.97. The summed E-state index contributed by atoms with van der Waals surface area (Å²) < 4.78 is 36.2.